The van der Waals surface area contributed by atoms with Gasteiger partial charge in [-0.1, -0.05) is 36.0 Å². The fourth-order valence-corrected chi connectivity index (χ4v) is 2.06. The van der Waals surface area contributed by atoms with E-state index < -0.39 is 0 Å². The highest BCUT2D eigenvalue weighted by molar-refractivity contribution is 7.80. The number of nitrogens with two attached hydrogens (primary N) is 1. The summed E-state index contributed by atoms with van der Waals surface area (Å²) < 4.78 is 5.29. The Balaban J connectivity index is 2.41. The summed E-state index contributed by atoms with van der Waals surface area (Å²) in [4.78, 5) is 0.292. The fourth-order valence-electron chi connectivity index (χ4n) is 1.72. The number of hydrogen-bond donors (Lipinski definition) is 2. The molecule has 0 unspecified atom stereocenters. The number of halogens is 1. The maximum atomic E-state index is 5.95. The number of para-hydroxylation sites is 2. The molecular formula is C14H13ClN2OS. The van der Waals surface area contributed by atoms with Crippen LogP contribution in [0.5, 0.6) is 5.75 Å². The molecule has 0 aromatic heterocycles. The predicted octanol–water partition coefficient (Wildman–Crippen LogP) is 3.73. The van der Waals surface area contributed by atoms with Gasteiger partial charge in [0.1, 0.15) is 10.7 Å². The second-order valence-corrected chi connectivity index (χ2v) is 4.76. The third-order valence-electron chi connectivity index (χ3n) is 2.62. The van der Waals surface area contributed by atoms with Crippen LogP contribution in [0.1, 0.15) is 5.56 Å². The molecule has 0 aliphatic rings. The minimum absolute atomic E-state index is 0.292. The Morgan fingerprint density at radius 2 is 1.95 bits per heavy atom. The van der Waals surface area contributed by atoms with Gasteiger partial charge in [0.15, 0.2) is 0 Å². The van der Waals surface area contributed by atoms with Crippen molar-refractivity contribution in [3.63, 3.8) is 0 Å². The Labute approximate surface area is 122 Å². The molecule has 0 bridgehead atoms. The van der Waals surface area contributed by atoms with E-state index in [0.717, 1.165) is 17.1 Å². The summed E-state index contributed by atoms with van der Waals surface area (Å²) in [6.45, 7) is 0. The minimum Gasteiger partial charge on any atom is -0.495 e. The summed E-state index contributed by atoms with van der Waals surface area (Å²) in [6.07, 6.45) is 0. The molecule has 0 spiro atoms. The van der Waals surface area contributed by atoms with Gasteiger partial charge in [0.25, 0.3) is 0 Å². The van der Waals surface area contributed by atoms with Gasteiger partial charge in [0.2, 0.25) is 0 Å². The van der Waals surface area contributed by atoms with Crippen molar-refractivity contribution in [2.24, 2.45) is 5.73 Å². The molecule has 0 saturated carbocycles. The van der Waals surface area contributed by atoms with Gasteiger partial charge in [0, 0.05) is 16.3 Å². The number of rotatable bonds is 4. The normalized spacial score (nSPS) is 10.0. The molecule has 0 atom stereocenters. The molecule has 3 nitrogen and oxygen atoms in total. The number of methoxy groups -OCH3 is 1. The van der Waals surface area contributed by atoms with Crippen molar-refractivity contribution in [1.29, 1.82) is 0 Å². The maximum Gasteiger partial charge on any atom is 0.142 e. The number of ether oxygens (including phenoxy) is 1. The zero-order valence-electron chi connectivity index (χ0n) is 10.3. The number of benzene rings is 2. The second-order valence-electron chi connectivity index (χ2n) is 3.88. The van der Waals surface area contributed by atoms with Crippen molar-refractivity contribution in [3.8, 4) is 5.75 Å². The summed E-state index contributed by atoms with van der Waals surface area (Å²) >= 11 is 11.0. The van der Waals surface area contributed by atoms with Crippen molar-refractivity contribution >= 4 is 40.2 Å². The first-order valence-electron chi connectivity index (χ1n) is 5.61. The Kier molecular flexibility index (Phi) is 4.24. The summed E-state index contributed by atoms with van der Waals surface area (Å²) in [5, 5.41) is 3.84. The van der Waals surface area contributed by atoms with Gasteiger partial charge in [-0.05, 0) is 30.3 Å². The van der Waals surface area contributed by atoms with E-state index in [1.165, 1.54) is 0 Å². The first-order chi connectivity index (χ1) is 9.11. The Bertz CT molecular complexity index is 616. The smallest absolute Gasteiger partial charge is 0.142 e. The Morgan fingerprint density at radius 3 is 2.63 bits per heavy atom. The molecule has 3 N–H and O–H groups in total. The first kappa shape index (κ1) is 13.6. The maximum absolute atomic E-state index is 5.95. The van der Waals surface area contributed by atoms with Crippen molar-refractivity contribution < 1.29 is 4.74 Å². The van der Waals surface area contributed by atoms with E-state index in [0.29, 0.717) is 15.6 Å². The monoisotopic (exact) mass is 292 g/mol. The van der Waals surface area contributed by atoms with Crippen molar-refractivity contribution in [1.82, 2.24) is 0 Å². The lowest BCUT2D eigenvalue weighted by Gasteiger charge is -2.14. The van der Waals surface area contributed by atoms with Crippen LogP contribution in [0.4, 0.5) is 11.4 Å². The molecule has 98 valence electrons. The first-order valence-corrected chi connectivity index (χ1v) is 6.40. The Morgan fingerprint density at radius 1 is 1.21 bits per heavy atom. The van der Waals surface area contributed by atoms with Crippen molar-refractivity contribution in [3.05, 3.63) is 53.1 Å². The molecule has 0 fully saturated rings. The van der Waals surface area contributed by atoms with E-state index in [2.05, 4.69) is 5.32 Å². The fraction of sp³-hybridized carbons (Fsp3) is 0.0714. The standard InChI is InChI=1S/C14H13ClN2OS/c1-18-13-5-3-2-4-12(13)17-11-7-6-9(15)8-10(11)14(16)19/h2-8,17H,1H3,(H2,16,19). The number of nitrogens with one attached hydrogen (secondary N) is 1. The van der Waals surface area contributed by atoms with Crippen LogP contribution >= 0.6 is 23.8 Å². The lowest BCUT2D eigenvalue weighted by atomic mass is 10.1. The number of anilines is 2. The lowest BCUT2D eigenvalue weighted by Crippen LogP contribution is -2.12. The predicted molar refractivity (Wildman–Crippen MR) is 83.6 cm³/mol. The van der Waals surface area contributed by atoms with E-state index in [9.17, 15) is 0 Å². The molecule has 0 aliphatic heterocycles. The van der Waals surface area contributed by atoms with Gasteiger partial charge in [-0.2, -0.15) is 0 Å². The summed E-state index contributed by atoms with van der Waals surface area (Å²) in [6, 6.07) is 13.0. The van der Waals surface area contributed by atoms with Crippen LogP contribution < -0.4 is 15.8 Å². The highest BCUT2D eigenvalue weighted by Gasteiger charge is 2.08. The van der Waals surface area contributed by atoms with Gasteiger partial charge in [-0.3, -0.25) is 0 Å². The topological polar surface area (TPSA) is 47.3 Å². The zero-order valence-corrected chi connectivity index (χ0v) is 11.9. The van der Waals surface area contributed by atoms with Crippen molar-refractivity contribution in [2.45, 2.75) is 0 Å². The summed E-state index contributed by atoms with van der Waals surface area (Å²) in [7, 11) is 1.62. The van der Waals surface area contributed by atoms with E-state index in [1.807, 2.05) is 30.3 Å². The van der Waals surface area contributed by atoms with E-state index in [4.69, 9.17) is 34.3 Å². The second kappa shape index (κ2) is 5.91. The lowest BCUT2D eigenvalue weighted by molar-refractivity contribution is 0.417. The third-order valence-corrected chi connectivity index (χ3v) is 3.08. The molecule has 2 aromatic rings. The van der Waals surface area contributed by atoms with Gasteiger partial charge in [-0.25, -0.2) is 0 Å². The van der Waals surface area contributed by atoms with Gasteiger partial charge < -0.3 is 15.8 Å². The molecule has 0 heterocycles. The number of thiocarbonyl (C=S) groups is 1. The molecule has 2 aromatic carbocycles. The number of hydrogen-bond acceptors (Lipinski definition) is 3. The van der Waals surface area contributed by atoms with Gasteiger partial charge in [-0.15, -0.1) is 0 Å². The van der Waals surface area contributed by atoms with Crippen molar-refractivity contribution in [2.75, 3.05) is 12.4 Å². The van der Waals surface area contributed by atoms with E-state index in [-0.39, 0.29) is 0 Å². The van der Waals surface area contributed by atoms with Crippen LogP contribution in [0.15, 0.2) is 42.5 Å². The Hall–Kier alpha value is -1.78. The van der Waals surface area contributed by atoms with Crippen LogP contribution in [0, 0.1) is 0 Å². The van der Waals surface area contributed by atoms with Crippen LogP contribution in [-0.2, 0) is 0 Å². The molecule has 2 rings (SSSR count). The van der Waals surface area contributed by atoms with Crippen LogP contribution in [0.2, 0.25) is 5.02 Å². The highest BCUT2D eigenvalue weighted by atomic mass is 35.5. The van der Waals surface area contributed by atoms with E-state index >= 15 is 0 Å². The molecule has 0 amide bonds. The molecule has 5 heteroatoms. The van der Waals surface area contributed by atoms with Gasteiger partial charge in [0.05, 0.1) is 12.8 Å². The van der Waals surface area contributed by atoms with Crippen LogP contribution in [0.3, 0.4) is 0 Å². The average Bonchev–Trinajstić information content (AvgIpc) is 2.41. The average molecular weight is 293 g/mol. The summed E-state index contributed by atoms with van der Waals surface area (Å²) in [5.74, 6) is 0.742. The highest BCUT2D eigenvalue weighted by Crippen LogP contribution is 2.29. The molecule has 0 aliphatic carbocycles. The largest absolute Gasteiger partial charge is 0.495 e. The minimum atomic E-state index is 0.292. The van der Waals surface area contributed by atoms with Gasteiger partial charge >= 0.3 is 0 Å². The van der Waals surface area contributed by atoms with Crippen LogP contribution in [0.25, 0.3) is 0 Å². The van der Waals surface area contributed by atoms with Crippen LogP contribution in [-0.4, -0.2) is 12.1 Å². The molecular weight excluding hydrogens is 280 g/mol. The quantitative estimate of drug-likeness (QED) is 0.843. The molecule has 0 saturated heterocycles. The van der Waals surface area contributed by atoms with E-state index in [1.54, 1.807) is 19.2 Å². The summed E-state index contributed by atoms with van der Waals surface area (Å²) in [5.41, 5.74) is 8.04. The molecule has 0 radical (unpaired) electrons. The SMILES string of the molecule is COc1ccccc1Nc1ccc(Cl)cc1C(N)=S. The zero-order chi connectivity index (χ0) is 13.8. The third kappa shape index (κ3) is 3.16. The molecule has 19 heavy (non-hydrogen) atoms.